The molecule has 0 atom stereocenters. The number of benzene rings is 6. The van der Waals surface area contributed by atoms with E-state index < -0.39 is 0 Å². The summed E-state index contributed by atoms with van der Waals surface area (Å²) in [6.07, 6.45) is 3.83. The normalized spacial score (nSPS) is 11.2. The Labute approximate surface area is 288 Å². The van der Waals surface area contributed by atoms with Gasteiger partial charge in [-0.25, -0.2) is 0 Å². The highest BCUT2D eigenvalue weighted by Crippen LogP contribution is 2.33. The van der Waals surface area contributed by atoms with Crippen molar-refractivity contribution in [3.63, 3.8) is 0 Å². The van der Waals surface area contributed by atoms with Crippen LogP contribution in [0.2, 0.25) is 0 Å². The lowest BCUT2D eigenvalue weighted by molar-refractivity contribution is 0.562. The van der Waals surface area contributed by atoms with Gasteiger partial charge in [0.15, 0.2) is 0 Å². The van der Waals surface area contributed by atoms with Crippen LogP contribution in [0.4, 0.5) is 0 Å². The standard InChI is InChI=1S/C46H32O4/c1-29-37(27-39(31-15-7-3-8-16-31)32-17-9-4-10-18-32)45(47)43-35-24-26-42-44(36(35)23-25-41(43)49-29)46(48)38(30(2)50-42)28-40(33-19-11-5-12-20-33)34-21-13-6-14-22-34/h3-28H,1-2H3. The molecule has 0 amide bonds. The number of rotatable bonds is 6. The predicted octanol–water partition coefficient (Wildman–Crippen LogP) is 10.8. The molecule has 0 aliphatic carbocycles. The van der Waals surface area contributed by atoms with Crippen molar-refractivity contribution < 1.29 is 8.83 Å². The highest BCUT2D eigenvalue weighted by atomic mass is 16.3. The number of fused-ring (bicyclic) bond motifs is 5. The lowest BCUT2D eigenvalue weighted by atomic mass is 9.93. The van der Waals surface area contributed by atoms with E-state index in [2.05, 4.69) is 0 Å². The van der Waals surface area contributed by atoms with E-state index in [4.69, 9.17) is 8.83 Å². The third-order valence-electron chi connectivity index (χ3n) is 9.27. The van der Waals surface area contributed by atoms with Gasteiger partial charge in [0.1, 0.15) is 22.7 Å². The Bertz CT molecular complexity index is 2440. The molecular weight excluding hydrogens is 617 g/mol. The fourth-order valence-electron chi connectivity index (χ4n) is 6.79. The Morgan fingerprint density at radius 2 is 0.720 bits per heavy atom. The van der Waals surface area contributed by atoms with E-state index in [9.17, 15) is 9.59 Å². The van der Waals surface area contributed by atoms with E-state index >= 15 is 0 Å². The first-order valence-corrected chi connectivity index (χ1v) is 16.6. The van der Waals surface area contributed by atoms with Gasteiger partial charge in [0, 0.05) is 0 Å². The van der Waals surface area contributed by atoms with Crippen molar-refractivity contribution in [3.05, 3.63) is 211 Å². The molecule has 0 bridgehead atoms. The molecule has 0 spiro atoms. The maximum absolute atomic E-state index is 14.5. The van der Waals surface area contributed by atoms with Crippen molar-refractivity contribution in [1.82, 2.24) is 0 Å². The minimum atomic E-state index is -0.162. The topological polar surface area (TPSA) is 60.4 Å². The van der Waals surface area contributed by atoms with Gasteiger partial charge in [0.2, 0.25) is 10.9 Å². The van der Waals surface area contributed by atoms with Gasteiger partial charge in [-0.05, 0) is 94.4 Å². The second kappa shape index (κ2) is 12.8. The van der Waals surface area contributed by atoms with Crippen LogP contribution in [0.3, 0.4) is 0 Å². The van der Waals surface area contributed by atoms with Crippen LogP contribution < -0.4 is 10.9 Å². The molecule has 0 aliphatic heterocycles. The summed E-state index contributed by atoms with van der Waals surface area (Å²) in [4.78, 5) is 29.1. The van der Waals surface area contributed by atoms with Crippen LogP contribution in [0.1, 0.15) is 44.9 Å². The molecule has 0 unspecified atom stereocenters. The van der Waals surface area contributed by atoms with Crippen LogP contribution in [0.5, 0.6) is 0 Å². The van der Waals surface area contributed by atoms with Crippen molar-refractivity contribution in [1.29, 1.82) is 0 Å². The molecule has 240 valence electrons. The van der Waals surface area contributed by atoms with E-state index in [0.29, 0.717) is 55.4 Å². The average molecular weight is 649 g/mol. The second-order valence-corrected chi connectivity index (χ2v) is 12.4. The Balaban J connectivity index is 1.38. The quantitative estimate of drug-likeness (QED) is 0.168. The Kier molecular flexibility index (Phi) is 7.90. The fourth-order valence-corrected chi connectivity index (χ4v) is 6.79. The molecular formula is C46H32O4. The molecule has 8 aromatic rings. The van der Waals surface area contributed by atoms with Crippen molar-refractivity contribution in [3.8, 4) is 0 Å². The molecule has 4 heteroatoms. The third kappa shape index (κ3) is 5.47. The van der Waals surface area contributed by atoms with E-state index in [1.807, 2.05) is 159 Å². The summed E-state index contributed by atoms with van der Waals surface area (Å²) in [7, 11) is 0. The summed E-state index contributed by atoms with van der Waals surface area (Å²) in [6, 6.07) is 47.3. The highest BCUT2D eigenvalue weighted by molar-refractivity contribution is 6.16. The SMILES string of the molecule is Cc1oc2ccc3c(ccc4oc(C)c(C=C(c5ccccc5)c5ccccc5)c(=O)c43)c2c(=O)c1C=C(c1ccccc1)c1ccccc1. The molecule has 0 aliphatic rings. The lowest BCUT2D eigenvalue weighted by Gasteiger charge is -2.13. The molecule has 4 nitrogen and oxygen atoms in total. The van der Waals surface area contributed by atoms with Gasteiger partial charge in [-0.3, -0.25) is 9.59 Å². The van der Waals surface area contributed by atoms with E-state index in [1.54, 1.807) is 12.1 Å². The molecule has 0 radical (unpaired) electrons. The van der Waals surface area contributed by atoms with Crippen LogP contribution in [0, 0.1) is 13.8 Å². The molecule has 2 aromatic heterocycles. The average Bonchev–Trinajstić information content (AvgIpc) is 3.15. The van der Waals surface area contributed by atoms with Crippen molar-refractivity contribution in [2.75, 3.05) is 0 Å². The first kappa shape index (κ1) is 30.8. The van der Waals surface area contributed by atoms with Gasteiger partial charge >= 0.3 is 0 Å². The van der Waals surface area contributed by atoms with Gasteiger partial charge < -0.3 is 8.83 Å². The first-order chi connectivity index (χ1) is 24.5. The zero-order valence-electron chi connectivity index (χ0n) is 27.6. The van der Waals surface area contributed by atoms with Gasteiger partial charge in [-0.2, -0.15) is 0 Å². The summed E-state index contributed by atoms with van der Waals surface area (Å²) in [5.41, 5.74) is 7.29. The van der Waals surface area contributed by atoms with Gasteiger partial charge in [-0.15, -0.1) is 0 Å². The molecule has 0 fully saturated rings. The second-order valence-electron chi connectivity index (χ2n) is 12.4. The van der Waals surface area contributed by atoms with Crippen LogP contribution in [-0.2, 0) is 0 Å². The zero-order chi connectivity index (χ0) is 34.2. The molecule has 0 saturated heterocycles. The van der Waals surface area contributed by atoms with Crippen molar-refractivity contribution in [2.24, 2.45) is 0 Å². The number of hydrogen-bond donors (Lipinski definition) is 0. The smallest absolute Gasteiger partial charge is 0.200 e. The van der Waals surface area contributed by atoms with Crippen LogP contribution in [0.25, 0.3) is 56.0 Å². The van der Waals surface area contributed by atoms with Crippen LogP contribution >= 0.6 is 0 Å². The van der Waals surface area contributed by atoms with E-state index in [-0.39, 0.29) is 10.9 Å². The molecule has 8 rings (SSSR count). The van der Waals surface area contributed by atoms with E-state index in [0.717, 1.165) is 33.4 Å². The Morgan fingerprint density at radius 1 is 0.420 bits per heavy atom. The predicted molar refractivity (Wildman–Crippen MR) is 205 cm³/mol. The lowest BCUT2D eigenvalue weighted by Crippen LogP contribution is -2.11. The summed E-state index contributed by atoms with van der Waals surface area (Å²) in [5.74, 6) is 1.04. The Hall–Kier alpha value is -6.52. The van der Waals surface area contributed by atoms with Crippen molar-refractivity contribution in [2.45, 2.75) is 13.8 Å². The molecule has 0 N–H and O–H groups in total. The first-order valence-electron chi connectivity index (χ1n) is 16.6. The molecule has 2 heterocycles. The summed E-state index contributed by atoms with van der Waals surface area (Å²) in [6.45, 7) is 3.63. The molecule has 50 heavy (non-hydrogen) atoms. The van der Waals surface area contributed by atoms with E-state index in [1.165, 1.54) is 0 Å². The summed E-state index contributed by atoms with van der Waals surface area (Å²) >= 11 is 0. The fraction of sp³-hybridized carbons (Fsp3) is 0.0435. The Morgan fingerprint density at radius 3 is 1.02 bits per heavy atom. The highest BCUT2D eigenvalue weighted by Gasteiger charge is 2.19. The molecule has 6 aromatic carbocycles. The summed E-state index contributed by atoms with van der Waals surface area (Å²) in [5, 5.41) is 2.12. The minimum absolute atomic E-state index is 0.162. The third-order valence-corrected chi connectivity index (χ3v) is 9.27. The van der Waals surface area contributed by atoms with Gasteiger partial charge in [0.05, 0.1) is 21.9 Å². The summed E-state index contributed by atoms with van der Waals surface area (Å²) < 4.78 is 12.7. The molecule has 0 saturated carbocycles. The van der Waals surface area contributed by atoms with Gasteiger partial charge in [-0.1, -0.05) is 121 Å². The zero-order valence-corrected chi connectivity index (χ0v) is 27.6. The minimum Gasteiger partial charge on any atom is -0.460 e. The van der Waals surface area contributed by atoms with Crippen molar-refractivity contribution >= 4 is 56.0 Å². The maximum atomic E-state index is 14.5. The largest absolute Gasteiger partial charge is 0.460 e. The number of aryl methyl sites for hydroxylation is 2. The monoisotopic (exact) mass is 648 g/mol. The van der Waals surface area contributed by atoms with Crippen LogP contribution in [0.15, 0.2) is 164 Å². The number of hydrogen-bond acceptors (Lipinski definition) is 4. The van der Waals surface area contributed by atoms with Crippen LogP contribution in [-0.4, -0.2) is 0 Å². The maximum Gasteiger partial charge on any atom is 0.200 e. The van der Waals surface area contributed by atoms with Gasteiger partial charge in [0.25, 0.3) is 0 Å².